The predicted octanol–water partition coefficient (Wildman–Crippen LogP) is 2.28. The molecule has 1 atom stereocenters. The summed E-state index contributed by atoms with van der Waals surface area (Å²) in [5.41, 5.74) is 0.606. The lowest BCUT2D eigenvalue weighted by molar-refractivity contribution is 0.620. The van der Waals surface area contributed by atoms with E-state index >= 15 is 0 Å². The Morgan fingerprint density at radius 1 is 1.39 bits per heavy atom. The number of aromatic nitrogens is 2. The van der Waals surface area contributed by atoms with Gasteiger partial charge >= 0.3 is 0 Å². The molecular formula is C13H16ClN3O. The third-order valence-corrected chi connectivity index (χ3v) is 3.32. The van der Waals surface area contributed by atoms with Crippen LogP contribution in [0, 0.1) is 0 Å². The first-order valence-electron chi connectivity index (χ1n) is 5.89. The normalized spacial score (nSPS) is 12.7. The fourth-order valence-electron chi connectivity index (χ4n) is 1.91. The van der Waals surface area contributed by atoms with E-state index in [0.29, 0.717) is 16.7 Å². The molecule has 1 unspecified atom stereocenters. The Morgan fingerprint density at radius 2 is 2.06 bits per heavy atom. The van der Waals surface area contributed by atoms with Gasteiger partial charge in [-0.3, -0.25) is 4.79 Å². The van der Waals surface area contributed by atoms with E-state index in [2.05, 4.69) is 4.98 Å². The summed E-state index contributed by atoms with van der Waals surface area (Å²) in [5.74, 6) is 0.591. The van der Waals surface area contributed by atoms with E-state index in [1.54, 1.807) is 25.2 Å². The van der Waals surface area contributed by atoms with Crippen LogP contribution in [0.5, 0.6) is 0 Å². The molecule has 0 saturated heterocycles. The molecule has 0 fully saturated rings. The van der Waals surface area contributed by atoms with Gasteiger partial charge in [0.05, 0.1) is 16.3 Å². The number of benzene rings is 1. The summed E-state index contributed by atoms with van der Waals surface area (Å²) >= 11 is 6.26. The molecule has 2 aromatic rings. The Labute approximate surface area is 111 Å². The van der Waals surface area contributed by atoms with Gasteiger partial charge in [0.2, 0.25) is 0 Å². The van der Waals surface area contributed by atoms with Gasteiger partial charge in [-0.1, -0.05) is 19.1 Å². The summed E-state index contributed by atoms with van der Waals surface area (Å²) in [4.78, 5) is 17.0. The molecule has 1 heterocycles. The zero-order valence-electron chi connectivity index (χ0n) is 10.7. The minimum absolute atomic E-state index is 0.0836. The molecule has 0 aliphatic heterocycles. The third-order valence-electron chi connectivity index (χ3n) is 2.82. The quantitative estimate of drug-likeness (QED) is 0.799. The first-order chi connectivity index (χ1) is 8.56. The van der Waals surface area contributed by atoms with E-state index in [-0.39, 0.29) is 10.9 Å². The predicted molar refractivity (Wildman–Crippen MR) is 75.0 cm³/mol. The average Bonchev–Trinajstić information content (AvgIpc) is 2.37. The standard InChI is InChI=1S/C13H16ClN3O/c1-4-10(14)12-15-11-8-6-5-7-9(11)13(18)17(12)16(2)3/h5-8,10H,4H2,1-3H3. The second-order valence-electron chi connectivity index (χ2n) is 4.33. The van der Waals surface area contributed by atoms with Crippen molar-refractivity contribution in [1.29, 1.82) is 0 Å². The number of rotatable bonds is 3. The van der Waals surface area contributed by atoms with Gasteiger partial charge in [-0.15, -0.1) is 11.6 Å². The first-order valence-corrected chi connectivity index (χ1v) is 6.33. The third kappa shape index (κ3) is 2.08. The van der Waals surface area contributed by atoms with Crippen molar-refractivity contribution < 1.29 is 0 Å². The van der Waals surface area contributed by atoms with Gasteiger partial charge in [-0.2, -0.15) is 0 Å². The summed E-state index contributed by atoms with van der Waals surface area (Å²) < 4.78 is 1.53. The molecule has 4 nitrogen and oxygen atoms in total. The molecule has 0 N–H and O–H groups in total. The lowest BCUT2D eigenvalue weighted by Crippen LogP contribution is -2.39. The van der Waals surface area contributed by atoms with Crippen molar-refractivity contribution in [1.82, 2.24) is 9.66 Å². The van der Waals surface area contributed by atoms with Crippen LogP contribution in [-0.2, 0) is 0 Å². The SMILES string of the molecule is CCC(Cl)c1nc2ccccc2c(=O)n1N(C)C. The van der Waals surface area contributed by atoms with E-state index in [4.69, 9.17) is 11.6 Å². The molecule has 18 heavy (non-hydrogen) atoms. The molecule has 5 heteroatoms. The molecule has 1 aromatic carbocycles. The average molecular weight is 266 g/mol. The minimum atomic E-state index is -0.273. The fourth-order valence-corrected chi connectivity index (χ4v) is 2.05. The first kappa shape index (κ1) is 12.9. The Kier molecular flexibility index (Phi) is 3.57. The summed E-state index contributed by atoms with van der Waals surface area (Å²) in [6.45, 7) is 1.97. The number of nitrogens with zero attached hydrogens (tertiary/aromatic N) is 3. The lowest BCUT2D eigenvalue weighted by Gasteiger charge is -2.22. The van der Waals surface area contributed by atoms with E-state index in [1.165, 1.54) is 4.68 Å². The van der Waals surface area contributed by atoms with Crippen LogP contribution in [0.2, 0.25) is 0 Å². The fraction of sp³-hybridized carbons (Fsp3) is 0.385. The highest BCUT2D eigenvalue weighted by Crippen LogP contribution is 2.22. The molecule has 1 aromatic heterocycles. The molecule has 0 aliphatic carbocycles. The van der Waals surface area contributed by atoms with Crippen LogP contribution in [0.25, 0.3) is 10.9 Å². The van der Waals surface area contributed by atoms with Crippen molar-refractivity contribution in [2.24, 2.45) is 0 Å². The number of hydrogen-bond acceptors (Lipinski definition) is 3. The summed E-state index contributed by atoms with van der Waals surface area (Å²) in [6.07, 6.45) is 0.722. The van der Waals surface area contributed by atoms with Gasteiger partial charge in [0.15, 0.2) is 0 Å². The molecule has 0 amide bonds. The van der Waals surface area contributed by atoms with Crippen LogP contribution in [0.15, 0.2) is 29.1 Å². The van der Waals surface area contributed by atoms with Gasteiger partial charge in [0, 0.05) is 14.1 Å². The van der Waals surface area contributed by atoms with Crippen molar-refractivity contribution in [3.8, 4) is 0 Å². The Bertz CT molecular complexity index is 621. The summed E-state index contributed by atoms with van der Waals surface area (Å²) in [5, 5.41) is 2.04. The molecule has 0 radical (unpaired) electrons. The largest absolute Gasteiger partial charge is 0.314 e. The monoisotopic (exact) mass is 265 g/mol. The van der Waals surface area contributed by atoms with Crippen LogP contribution in [0.1, 0.15) is 24.5 Å². The van der Waals surface area contributed by atoms with Crippen LogP contribution < -0.4 is 10.6 Å². The van der Waals surface area contributed by atoms with Crippen LogP contribution in [-0.4, -0.2) is 23.8 Å². The van der Waals surface area contributed by atoms with Crippen LogP contribution in [0.3, 0.4) is 0 Å². The smallest absolute Gasteiger partial charge is 0.280 e. The van der Waals surface area contributed by atoms with E-state index in [0.717, 1.165) is 6.42 Å². The maximum absolute atomic E-state index is 12.4. The summed E-state index contributed by atoms with van der Waals surface area (Å²) in [6, 6.07) is 7.32. The van der Waals surface area contributed by atoms with Crippen molar-refractivity contribution in [2.45, 2.75) is 18.7 Å². The van der Waals surface area contributed by atoms with Gasteiger partial charge in [0.1, 0.15) is 5.82 Å². The van der Waals surface area contributed by atoms with E-state index < -0.39 is 0 Å². The van der Waals surface area contributed by atoms with Gasteiger partial charge in [-0.25, -0.2) is 9.66 Å². The van der Waals surface area contributed by atoms with Crippen molar-refractivity contribution in [3.05, 3.63) is 40.4 Å². The van der Waals surface area contributed by atoms with E-state index in [9.17, 15) is 4.79 Å². The molecule has 0 spiro atoms. The molecule has 0 saturated carbocycles. The maximum atomic E-state index is 12.4. The molecule has 0 aliphatic rings. The van der Waals surface area contributed by atoms with Crippen molar-refractivity contribution in [3.63, 3.8) is 0 Å². The van der Waals surface area contributed by atoms with E-state index in [1.807, 2.05) is 25.1 Å². The zero-order valence-corrected chi connectivity index (χ0v) is 11.5. The maximum Gasteiger partial charge on any atom is 0.280 e. The molecule has 2 rings (SSSR count). The second kappa shape index (κ2) is 4.98. The topological polar surface area (TPSA) is 38.1 Å². The number of halogens is 1. The van der Waals surface area contributed by atoms with Gasteiger partial charge in [-0.05, 0) is 18.6 Å². The van der Waals surface area contributed by atoms with Gasteiger partial charge in [0.25, 0.3) is 5.56 Å². The Hall–Kier alpha value is -1.55. The van der Waals surface area contributed by atoms with Crippen molar-refractivity contribution in [2.75, 3.05) is 19.1 Å². The highest BCUT2D eigenvalue weighted by molar-refractivity contribution is 6.20. The second-order valence-corrected chi connectivity index (χ2v) is 4.85. The highest BCUT2D eigenvalue weighted by Gasteiger charge is 2.17. The van der Waals surface area contributed by atoms with Crippen LogP contribution >= 0.6 is 11.6 Å². The molecule has 96 valence electrons. The number of hydrogen-bond donors (Lipinski definition) is 0. The Balaban J connectivity index is 2.83. The molecule has 0 bridgehead atoms. The number of alkyl halides is 1. The summed E-state index contributed by atoms with van der Waals surface area (Å²) in [7, 11) is 3.61. The van der Waals surface area contributed by atoms with Crippen molar-refractivity contribution >= 4 is 22.5 Å². The molecular weight excluding hydrogens is 250 g/mol. The zero-order chi connectivity index (χ0) is 13.3. The Morgan fingerprint density at radius 3 is 2.67 bits per heavy atom. The minimum Gasteiger partial charge on any atom is -0.314 e. The van der Waals surface area contributed by atoms with Gasteiger partial charge < -0.3 is 5.01 Å². The van der Waals surface area contributed by atoms with Crippen LogP contribution in [0.4, 0.5) is 0 Å². The lowest BCUT2D eigenvalue weighted by atomic mass is 10.2. The number of fused-ring (bicyclic) bond motifs is 1. The highest BCUT2D eigenvalue weighted by atomic mass is 35.5. The number of para-hydroxylation sites is 1.